The van der Waals surface area contributed by atoms with E-state index >= 15 is 0 Å². The molecule has 1 N–H and O–H groups in total. The Morgan fingerprint density at radius 1 is 1.16 bits per heavy atom. The second-order valence-electron chi connectivity index (χ2n) is 9.69. The zero-order valence-corrected chi connectivity index (χ0v) is 20.1. The molecule has 1 aliphatic carbocycles. The van der Waals surface area contributed by atoms with Crippen LogP contribution in [0.15, 0.2) is 51.8 Å². The third-order valence-electron chi connectivity index (χ3n) is 7.19. The summed E-state index contributed by atoms with van der Waals surface area (Å²) in [6.45, 7) is -0.354. The highest BCUT2D eigenvalue weighted by molar-refractivity contribution is 7.90. The van der Waals surface area contributed by atoms with Crippen LogP contribution in [-0.4, -0.2) is 56.1 Å². The predicted molar refractivity (Wildman–Crippen MR) is 125 cm³/mol. The van der Waals surface area contributed by atoms with Gasteiger partial charge in [-0.15, -0.1) is 4.40 Å². The molecule has 0 aromatic heterocycles. The van der Waals surface area contributed by atoms with Crippen molar-refractivity contribution in [2.75, 3.05) is 16.8 Å². The molecule has 37 heavy (non-hydrogen) atoms. The van der Waals surface area contributed by atoms with Gasteiger partial charge in [0.1, 0.15) is 29.2 Å². The average molecular weight is 539 g/mol. The molecule has 0 radical (unpaired) electrons. The van der Waals surface area contributed by atoms with E-state index < -0.39 is 51.1 Å². The topological polar surface area (TPSA) is 91.3 Å². The monoisotopic (exact) mass is 538 g/mol. The van der Waals surface area contributed by atoms with Gasteiger partial charge in [-0.2, -0.15) is 21.6 Å². The zero-order chi connectivity index (χ0) is 26.1. The first-order valence-electron chi connectivity index (χ1n) is 11.8. The number of benzene rings is 2. The van der Waals surface area contributed by atoms with Crippen LogP contribution in [0.5, 0.6) is 0 Å². The van der Waals surface area contributed by atoms with Gasteiger partial charge in [-0.25, -0.2) is 9.18 Å². The second kappa shape index (κ2) is 8.33. The van der Waals surface area contributed by atoms with Crippen LogP contribution >= 0.6 is 0 Å². The van der Waals surface area contributed by atoms with Crippen LogP contribution in [0.2, 0.25) is 0 Å². The third-order valence-corrected chi connectivity index (χ3v) is 8.51. The number of piperazine rings is 1. The molecule has 13 heteroatoms. The Kier molecular flexibility index (Phi) is 5.41. The molecule has 3 saturated heterocycles. The molecule has 4 aliphatic heterocycles. The lowest BCUT2D eigenvalue weighted by molar-refractivity contribution is -0.187. The predicted octanol–water partition coefficient (Wildman–Crippen LogP) is 4.28. The molecule has 7 rings (SSSR count). The SMILES string of the molecule is O=C(OCc1ccccc1)N1[C@@H]2C[C@H]1[C@@H](C(F)(F)F)N(c1cc(F)cc3c1NC(C1CC1)=NS3(=O)=O)C2. The van der Waals surface area contributed by atoms with E-state index in [0.29, 0.717) is 18.4 Å². The third kappa shape index (κ3) is 4.18. The maximum Gasteiger partial charge on any atom is 0.410 e. The molecule has 8 nitrogen and oxygen atoms in total. The van der Waals surface area contributed by atoms with Crippen LogP contribution in [0.3, 0.4) is 0 Å². The number of anilines is 2. The smallest absolute Gasteiger partial charge is 0.410 e. The summed E-state index contributed by atoms with van der Waals surface area (Å²) in [5.41, 5.74) is 0.357. The number of halogens is 4. The fourth-order valence-electron chi connectivity index (χ4n) is 5.34. The van der Waals surface area contributed by atoms with Gasteiger partial charge >= 0.3 is 12.3 Å². The van der Waals surface area contributed by atoms with Crippen molar-refractivity contribution in [1.82, 2.24) is 4.90 Å². The minimum atomic E-state index is -4.80. The minimum absolute atomic E-state index is 0.0848. The van der Waals surface area contributed by atoms with Crippen LogP contribution in [0, 0.1) is 11.7 Å². The minimum Gasteiger partial charge on any atom is -0.445 e. The van der Waals surface area contributed by atoms with Crippen molar-refractivity contribution in [3.05, 3.63) is 53.8 Å². The van der Waals surface area contributed by atoms with Crippen LogP contribution in [0.25, 0.3) is 0 Å². The zero-order valence-electron chi connectivity index (χ0n) is 19.3. The summed E-state index contributed by atoms with van der Waals surface area (Å²) >= 11 is 0. The molecule has 4 fully saturated rings. The molecule has 5 aliphatic rings. The Morgan fingerprint density at radius 2 is 1.89 bits per heavy atom. The second-order valence-corrected chi connectivity index (χ2v) is 11.3. The summed E-state index contributed by atoms with van der Waals surface area (Å²) in [7, 11) is -4.30. The number of nitrogens with zero attached hydrogens (tertiary/aromatic N) is 3. The van der Waals surface area contributed by atoms with E-state index in [1.807, 2.05) is 0 Å². The number of carbonyl (C=O) groups excluding carboxylic acids is 1. The summed E-state index contributed by atoms with van der Waals surface area (Å²) in [5.74, 6) is -0.982. The molecule has 196 valence electrons. The summed E-state index contributed by atoms with van der Waals surface area (Å²) in [4.78, 5) is 14.3. The number of hydrogen-bond acceptors (Lipinski definition) is 6. The van der Waals surface area contributed by atoms with Gasteiger partial charge in [0.15, 0.2) is 0 Å². The lowest BCUT2D eigenvalue weighted by Crippen LogP contribution is -2.77. The Hall–Kier alpha value is -3.35. The van der Waals surface area contributed by atoms with Gasteiger partial charge in [-0.1, -0.05) is 30.3 Å². The first-order valence-corrected chi connectivity index (χ1v) is 13.2. The van der Waals surface area contributed by atoms with E-state index in [2.05, 4.69) is 9.71 Å². The van der Waals surface area contributed by atoms with Gasteiger partial charge in [0.2, 0.25) is 0 Å². The van der Waals surface area contributed by atoms with Crippen molar-refractivity contribution in [3.8, 4) is 0 Å². The Balaban J connectivity index is 1.32. The van der Waals surface area contributed by atoms with E-state index in [1.54, 1.807) is 30.3 Å². The normalized spacial score (nSPS) is 25.9. The summed E-state index contributed by atoms with van der Waals surface area (Å²) < 4.78 is 92.5. The number of carbonyl (C=O) groups is 1. The Labute approximate surface area is 210 Å². The van der Waals surface area contributed by atoms with E-state index in [0.717, 1.165) is 21.9 Å². The van der Waals surface area contributed by atoms with Crippen LogP contribution in [-0.2, 0) is 21.4 Å². The van der Waals surface area contributed by atoms with Gasteiger partial charge in [0.05, 0.1) is 23.5 Å². The van der Waals surface area contributed by atoms with E-state index in [4.69, 9.17) is 4.74 Å². The largest absolute Gasteiger partial charge is 0.445 e. The molecule has 1 saturated carbocycles. The first kappa shape index (κ1) is 24.0. The van der Waals surface area contributed by atoms with Gasteiger partial charge in [0, 0.05) is 12.5 Å². The standard InChI is InChI=1S/C24H22F4N4O4S/c25-15-8-17(20-19(9-15)37(34,35)30-22(29-20)14-6-7-14)31-11-16-10-18(21(31)24(26,27)28)32(16)23(33)36-12-13-4-2-1-3-5-13/h1-5,8-9,14,16,18,21H,6-7,10-12H2,(H,29,30)/t16-,18+,21+/m1/s1. The number of amides is 1. The molecule has 3 atom stereocenters. The number of alkyl halides is 3. The summed E-state index contributed by atoms with van der Waals surface area (Å²) in [5, 5.41) is 2.87. The molecule has 2 aromatic carbocycles. The lowest BCUT2D eigenvalue weighted by Gasteiger charge is -2.60. The maximum absolute atomic E-state index is 14.6. The van der Waals surface area contributed by atoms with Crippen molar-refractivity contribution >= 4 is 33.3 Å². The van der Waals surface area contributed by atoms with Gasteiger partial charge < -0.3 is 15.0 Å². The van der Waals surface area contributed by atoms with E-state index in [9.17, 15) is 30.8 Å². The fraction of sp³-hybridized carbons (Fsp3) is 0.417. The highest BCUT2D eigenvalue weighted by atomic mass is 32.2. The van der Waals surface area contributed by atoms with Crippen molar-refractivity contribution in [2.45, 2.75) is 55.1 Å². The lowest BCUT2D eigenvalue weighted by atomic mass is 9.81. The highest BCUT2D eigenvalue weighted by Gasteiger charge is 2.62. The number of sulfonamides is 1. The number of ether oxygens (including phenoxy) is 1. The highest BCUT2D eigenvalue weighted by Crippen LogP contribution is 2.49. The van der Waals surface area contributed by atoms with E-state index in [-0.39, 0.29) is 42.7 Å². The van der Waals surface area contributed by atoms with Gasteiger partial charge in [0.25, 0.3) is 10.0 Å². The average Bonchev–Trinajstić information content (AvgIpc) is 3.68. The molecular weight excluding hydrogens is 516 g/mol. The molecule has 2 aromatic rings. The molecule has 0 unspecified atom stereocenters. The summed E-state index contributed by atoms with van der Waals surface area (Å²) in [6, 6.07) is 6.38. The Bertz CT molecular complexity index is 1400. The molecule has 0 spiro atoms. The molecule has 1 amide bonds. The van der Waals surface area contributed by atoms with Crippen molar-refractivity contribution in [2.24, 2.45) is 10.3 Å². The van der Waals surface area contributed by atoms with Gasteiger partial charge in [-0.3, -0.25) is 4.90 Å². The number of rotatable bonds is 4. The first-order chi connectivity index (χ1) is 17.5. The quantitative estimate of drug-likeness (QED) is 0.585. The van der Waals surface area contributed by atoms with Crippen molar-refractivity contribution in [3.63, 3.8) is 0 Å². The number of amidine groups is 1. The number of piperidine rings is 1. The van der Waals surface area contributed by atoms with Crippen molar-refractivity contribution in [1.29, 1.82) is 0 Å². The number of nitrogens with one attached hydrogen (secondary N) is 1. The number of fused-ring (bicyclic) bond motifs is 3. The maximum atomic E-state index is 14.6. The van der Waals surface area contributed by atoms with E-state index in [1.165, 1.54) is 0 Å². The van der Waals surface area contributed by atoms with Crippen LogP contribution < -0.4 is 10.2 Å². The molecular formula is C24H22F4N4O4S. The Morgan fingerprint density at radius 3 is 2.57 bits per heavy atom. The van der Waals surface area contributed by atoms with Gasteiger partial charge in [-0.05, 0) is 37.0 Å². The van der Waals surface area contributed by atoms with Crippen LogP contribution in [0.4, 0.5) is 33.7 Å². The summed E-state index contributed by atoms with van der Waals surface area (Å²) in [6.07, 6.45) is -4.16. The van der Waals surface area contributed by atoms with Crippen LogP contribution in [0.1, 0.15) is 24.8 Å². The molecule has 4 heterocycles. The fourth-order valence-corrected chi connectivity index (χ4v) is 6.57. The van der Waals surface area contributed by atoms with Crippen molar-refractivity contribution < 1.29 is 35.5 Å². The molecule has 2 bridgehead atoms. The number of hydrogen-bond donors (Lipinski definition) is 1.